The van der Waals surface area contributed by atoms with E-state index < -0.39 is 0 Å². The Kier molecular flexibility index (Phi) is 4.37. The molecule has 0 unspecified atom stereocenters. The first-order chi connectivity index (χ1) is 12.1. The summed E-state index contributed by atoms with van der Waals surface area (Å²) < 4.78 is 13.6. The number of fused-ring (bicyclic) bond motifs is 1. The molecule has 1 aliphatic heterocycles. The third kappa shape index (κ3) is 3.49. The number of aromatic nitrogens is 2. The number of hydrogen-bond acceptors (Lipinski definition) is 4. The van der Waals surface area contributed by atoms with Crippen LogP contribution >= 0.6 is 0 Å². The van der Waals surface area contributed by atoms with Crippen molar-refractivity contribution in [3.8, 4) is 0 Å². The van der Waals surface area contributed by atoms with Crippen LogP contribution in [0.3, 0.4) is 0 Å². The molecule has 1 atom stereocenters. The molecule has 1 aliphatic carbocycles. The van der Waals surface area contributed by atoms with Crippen molar-refractivity contribution in [2.45, 2.75) is 52.2 Å². The minimum atomic E-state index is 0.0176. The van der Waals surface area contributed by atoms with Gasteiger partial charge < -0.3 is 18.6 Å². The fourth-order valence-electron chi connectivity index (χ4n) is 3.49. The normalized spacial score (nSPS) is 20.4. The van der Waals surface area contributed by atoms with Gasteiger partial charge in [-0.1, -0.05) is 0 Å². The van der Waals surface area contributed by atoms with E-state index in [1.54, 1.807) is 0 Å². The second-order valence-corrected chi connectivity index (χ2v) is 7.26. The zero-order valence-electron chi connectivity index (χ0n) is 14.9. The van der Waals surface area contributed by atoms with Crippen molar-refractivity contribution in [1.29, 1.82) is 0 Å². The van der Waals surface area contributed by atoms with E-state index in [2.05, 4.69) is 9.55 Å². The predicted molar refractivity (Wildman–Crippen MR) is 92.2 cm³/mol. The number of furan rings is 1. The average molecular weight is 343 g/mol. The first kappa shape index (κ1) is 16.4. The first-order valence-electron chi connectivity index (χ1n) is 9.06. The molecule has 2 aromatic rings. The van der Waals surface area contributed by atoms with Crippen LogP contribution in [0.4, 0.5) is 0 Å². The summed E-state index contributed by atoms with van der Waals surface area (Å²) in [4.78, 5) is 19.4. The number of ether oxygens (including phenoxy) is 1. The Balaban J connectivity index is 1.55. The van der Waals surface area contributed by atoms with Gasteiger partial charge in [-0.05, 0) is 45.1 Å². The van der Waals surface area contributed by atoms with Gasteiger partial charge in [0, 0.05) is 19.3 Å². The molecule has 6 heteroatoms. The monoisotopic (exact) mass is 343 g/mol. The molecule has 2 aliphatic rings. The fraction of sp³-hybridized carbons (Fsp3) is 0.579. The van der Waals surface area contributed by atoms with Crippen LogP contribution in [0.1, 0.15) is 46.8 Å². The lowest BCUT2D eigenvalue weighted by atomic mass is 10.1. The van der Waals surface area contributed by atoms with Crippen LogP contribution in [0.25, 0.3) is 0 Å². The predicted octanol–water partition coefficient (Wildman–Crippen LogP) is 2.93. The summed E-state index contributed by atoms with van der Waals surface area (Å²) >= 11 is 0. The highest BCUT2D eigenvalue weighted by Gasteiger charge is 2.31. The van der Waals surface area contributed by atoms with Crippen LogP contribution in [0.5, 0.6) is 0 Å². The highest BCUT2D eigenvalue weighted by atomic mass is 16.5. The maximum absolute atomic E-state index is 13.2. The summed E-state index contributed by atoms with van der Waals surface area (Å²) in [5, 5.41) is 0. The summed E-state index contributed by atoms with van der Waals surface area (Å²) in [6.45, 7) is 6.55. The lowest BCUT2D eigenvalue weighted by molar-refractivity contribution is 0.0369. The van der Waals surface area contributed by atoms with E-state index in [1.165, 1.54) is 12.8 Å². The molecule has 0 radical (unpaired) electrons. The standard InChI is InChI=1S/C19H25N3O3/c1-13-7-18(14(2)25-13)19(23)22-9-17-8-20-12-21(17)6-5-16(22)11-24-10-15-3-4-15/h7-8,12,15-16H,3-6,9-11H2,1-2H3/t16-/m1/s1. The molecule has 0 saturated heterocycles. The van der Waals surface area contributed by atoms with E-state index in [0.29, 0.717) is 24.5 Å². The van der Waals surface area contributed by atoms with Gasteiger partial charge in [-0.15, -0.1) is 0 Å². The molecule has 25 heavy (non-hydrogen) atoms. The minimum absolute atomic E-state index is 0.0176. The number of carbonyl (C=O) groups is 1. The van der Waals surface area contributed by atoms with E-state index in [0.717, 1.165) is 36.9 Å². The van der Waals surface area contributed by atoms with Crippen LogP contribution in [-0.4, -0.2) is 39.6 Å². The minimum Gasteiger partial charge on any atom is -0.466 e. The average Bonchev–Trinajstić information content (AvgIpc) is 3.25. The lowest BCUT2D eigenvalue weighted by Gasteiger charge is -2.29. The van der Waals surface area contributed by atoms with E-state index >= 15 is 0 Å². The van der Waals surface area contributed by atoms with E-state index in [9.17, 15) is 4.79 Å². The van der Waals surface area contributed by atoms with Crippen molar-refractivity contribution in [3.63, 3.8) is 0 Å². The largest absolute Gasteiger partial charge is 0.466 e. The van der Waals surface area contributed by atoms with Gasteiger partial charge >= 0.3 is 0 Å². The molecular formula is C19H25N3O3. The number of rotatable bonds is 5. The highest BCUT2D eigenvalue weighted by Crippen LogP contribution is 2.29. The first-order valence-corrected chi connectivity index (χ1v) is 9.06. The Morgan fingerprint density at radius 1 is 1.32 bits per heavy atom. The second kappa shape index (κ2) is 6.67. The molecule has 1 fully saturated rings. The number of imidazole rings is 1. The van der Waals surface area contributed by atoms with Crippen LogP contribution in [0.2, 0.25) is 0 Å². The molecule has 3 heterocycles. The van der Waals surface area contributed by atoms with Gasteiger partial charge in [0.2, 0.25) is 0 Å². The summed E-state index contributed by atoms with van der Waals surface area (Å²) in [6.07, 6.45) is 7.12. The van der Waals surface area contributed by atoms with Crippen LogP contribution < -0.4 is 0 Å². The van der Waals surface area contributed by atoms with E-state index in [1.807, 2.05) is 37.3 Å². The molecule has 1 amide bonds. The zero-order chi connectivity index (χ0) is 17.4. The molecular weight excluding hydrogens is 318 g/mol. The Hall–Kier alpha value is -2.08. The van der Waals surface area contributed by atoms with Crippen molar-refractivity contribution in [3.05, 3.63) is 41.4 Å². The molecule has 0 aromatic carbocycles. The number of nitrogens with zero attached hydrogens (tertiary/aromatic N) is 3. The maximum Gasteiger partial charge on any atom is 0.258 e. The maximum atomic E-state index is 13.2. The van der Waals surface area contributed by atoms with Crippen LogP contribution in [0.15, 0.2) is 23.0 Å². The molecule has 0 N–H and O–H groups in total. The highest BCUT2D eigenvalue weighted by molar-refractivity contribution is 5.95. The Morgan fingerprint density at radius 2 is 2.16 bits per heavy atom. The number of aryl methyl sites for hydroxylation is 3. The number of carbonyl (C=O) groups excluding carboxylic acids is 1. The summed E-state index contributed by atoms with van der Waals surface area (Å²) in [5.41, 5.74) is 1.72. The smallest absolute Gasteiger partial charge is 0.258 e. The van der Waals surface area contributed by atoms with Crippen molar-refractivity contribution in [2.24, 2.45) is 5.92 Å². The second-order valence-electron chi connectivity index (χ2n) is 7.26. The van der Waals surface area contributed by atoms with Gasteiger partial charge in [0.15, 0.2) is 0 Å². The lowest BCUT2D eigenvalue weighted by Crippen LogP contribution is -2.42. The van der Waals surface area contributed by atoms with Crippen molar-refractivity contribution in [1.82, 2.24) is 14.5 Å². The van der Waals surface area contributed by atoms with Crippen molar-refractivity contribution in [2.75, 3.05) is 13.2 Å². The molecule has 1 saturated carbocycles. The summed E-state index contributed by atoms with van der Waals surface area (Å²) in [6, 6.07) is 1.91. The van der Waals surface area contributed by atoms with Gasteiger partial charge in [-0.2, -0.15) is 0 Å². The van der Waals surface area contributed by atoms with Gasteiger partial charge in [-0.3, -0.25) is 4.79 Å². The number of amides is 1. The van der Waals surface area contributed by atoms with E-state index in [4.69, 9.17) is 9.15 Å². The molecule has 4 rings (SSSR count). The van der Waals surface area contributed by atoms with Gasteiger partial charge in [-0.25, -0.2) is 4.98 Å². The molecule has 2 aromatic heterocycles. The van der Waals surface area contributed by atoms with Gasteiger partial charge in [0.05, 0.1) is 36.8 Å². The third-order valence-corrected chi connectivity index (χ3v) is 5.17. The number of hydrogen-bond donors (Lipinski definition) is 0. The molecule has 6 nitrogen and oxygen atoms in total. The van der Waals surface area contributed by atoms with E-state index in [-0.39, 0.29) is 11.9 Å². The van der Waals surface area contributed by atoms with Crippen LogP contribution in [0, 0.1) is 19.8 Å². The molecule has 0 bridgehead atoms. The molecule has 0 spiro atoms. The Bertz CT molecular complexity index is 760. The Labute approximate surface area is 147 Å². The van der Waals surface area contributed by atoms with Gasteiger partial charge in [0.25, 0.3) is 5.91 Å². The molecule has 134 valence electrons. The SMILES string of the molecule is Cc1cc(C(=O)N2Cc3cncn3CC[C@@H]2COCC2CC2)c(C)o1. The van der Waals surface area contributed by atoms with Gasteiger partial charge in [0.1, 0.15) is 11.5 Å². The zero-order valence-corrected chi connectivity index (χ0v) is 14.9. The topological polar surface area (TPSA) is 60.5 Å². The summed E-state index contributed by atoms with van der Waals surface area (Å²) in [7, 11) is 0. The quantitative estimate of drug-likeness (QED) is 0.837. The third-order valence-electron chi connectivity index (χ3n) is 5.17. The van der Waals surface area contributed by atoms with Crippen LogP contribution in [-0.2, 0) is 17.8 Å². The van der Waals surface area contributed by atoms with Crippen molar-refractivity contribution >= 4 is 5.91 Å². The van der Waals surface area contributed by atoms with Crippen molar-refractivity contribution < 1.29 is 13.9 Å². The fourth-order valence-corrected chi connectivity index (χ4v) is 3.49. The Morgan fingerprint density at radius 3 is 2.88 bits per heavy atom. The summed E-state index contributed by atoms with van der Waals surface area (Å²) in [5.74, 6) is 2.19.